The van der Waals surface area contributed by atoms with Crippen molar-refractivity contribution >= 4 is 11.8 Å². The lowest BCUT2D eigenvalue weighted by atomic mass is 10.1. The highest BCUT2D eigenvalue weighted by Gasteiger charge is 2.02. The lowest BCUT2D eigenvalue weighted by Crippen LogP contribution is -2.21. The van der Waals surface area contributed by atoms with Crippen molar-refractivity contribution in [1.29, 1.82) is 0 Å². The summed E-state index contributed by atoms with van der Waals surface area (Å²) in [5.74, 6) is 1.18. The molecule has 1 nitrogen and oxygen atoms in total. The first-order chi connectivity index (χ1) is 6.74. The monoisotopic (exact) mass is 209 g/mol. The van der Waals surface area contributed by atoms with Gasteiger partial charge in [-0.2, -0.15) is 11.8 Å². The molecule has 0 amide bonds. The molecule has 0 radical (unpaired) electrons. The number of thioether (sulfide) groups is 1. The van der Waals surface area contributed by atoms with Gasteiger partial charge in [0.1, 0.15) is 0 Å². The Kier molecular flexibility index (Phi) is 5.05. The van der Waals surface area contributed by atoms with Crippen LogP contribution in [-0.4, -0.2) is 18.6 Å². The van der Waals surface area contributed by atoms with Gasteiger partial charge in [0.25, 0.3) is 0 Å². The van der Waals surface area contributed by atoms with Crippen LogP contribution in [0.3, 0.4) is 0 Å². The van der Waals surface area contributed by atoms with Gasteiger partial charge >= 0.3 is 0 Å². The van der Waals surface area contributed by atoms with E-state index in [1.165, 1.54) is 16.9 Å². The maximum absolute atomic E-state index is 3.50. The Morgan fingerprint density at radius 3 is 2.50 bits per heavy atom. The van der Waals surface area contributed by atoms with Gasteiger partial charge < -0.3 is 5.32 Å². The Balaban J connectivity index is 2.43. The summed E-state index contributed by atoms with van der Waals surface area (Å²) < 4.78 is 0. The van der Waals surface area contributed by atoms with Crippen LogP contribution in [0.5, 0.6) is 0 Å². The summed E-state index contributed by atoms with van der Waals surface area (Å²) in [6, 6.07) is 9.20. The van der Waals surface area contributed by atoms with Gasteiger partial charge in [0.05, 0.1) is 0 Å². The SMILES string of the molecule is CSCCNC(C)c1ccc(C)cc1. The standard InChI is InChI=1S/C12H19NS/c1-10-4-6-12(7-5-10)11(2)13-8-9-14-3/h4-7,11,13H,8-9H2,1-3H3. The molecule has 0 heterocycles. The molecule has 1 N–H and O–H groups in total. The Morgan fingerprint density at radius 1 is 1.29 bits per heavy atom. The van der Waals surface area contributed by atoms with E-state index in [4.69, 9.17) is 0 Å². The Labute approximate surface area is 91.3 Å². The highest BCUT2D eigenvalue weighted by atomic mass is 32.2. The molecule has 0 aromatic heterocycles. The average molecular weight is 209 g/mol. The third-order valence-electron chi connectivity index (χ3n) is 2.33. The summed E-state index contributed by atoms with van der Waals surface area (Å²) in [6.07, 6.45) is 2.14. The van der Waals surface area contributed by atoms with E-state index in [2.05, 4.69) is 49.7 Å². The zero-order valence-corrected chi connectivity index (χ0v) is 10.0. The van der Waals surface area contributed by atoms with Crippen molar-refractivity contribution in [2.24, 2.45) is 0 Å². The first-order valence-corrected chi connectivity index (χ1v) is 6.42. The second-order valence-electron chi connectivity index (χ2n) is 3.58. The molecule has 1 unspecified atom stereocenters. The number of benzene rings is 1. The molecule has 0 aliphatic carbocycles. The molecule has 2 heteroatoms. The molecule has 78 valence electrons. The van der Waals surface area contributed by atoms with Gasteiger partial charge in [-0.05, 0) is 25.7 Å². The number of hydrogen-bond donors (Lipinski definition) is 1. The molecule has 1 aromatic carbocycles. The molecular formula is C12H19NS. The molecule has 1 aromatic rings. The highest BCUT2D eigenvalue weighted by molar-refractivity contribution is 7.98. The molecule has 1 atom stereocenters. The summed E-state index contributed by atoms with van der Waals surface area (Å²) in [4.78, 5) is 0. The molecule has 0 spiro atoms. The van der Waals surface area contributed by atoms with Gasteiger partial charge in [-0.3, -0.25) is 0 Å². The predicted molar refractivity (Wildman–Crippen MR) is 66.0 cm³/mol. The van der Waals surface area contributed by atoms with Crippen LogP contribution in [0.4, 0.5) is 0 Å². The van der Waals surface area contributed by atoms with Crippen molar-refractivity contribution in [3.63, 3.8) is 0 Å². The van der Waals surface area contributed by atoms with Crippen LogP contribution >= 0.6 is 11.8 Å². The fourth-order valence-corrected chi connectivity index (χ4v) is 1.67. The third kappa shape index (κ3) is 3.72. The van der Waals surface area contributed by atoms with E-state index in [0.717, 1.165) is 6.54 Å². The van der Waals surface area contributed by atoms with Gasteiger partial charge in [-0.25, -0.2) is 0 Å². The summed E-state index contributed by atoms with van der Waals surface area (Å²) in [5.41, 5.74) is 2.70. The molecule has 0 aliphatic rings. The molecule has 0 saturated carbocycles. The second kappa shape index (κ2) is 6.10. The third-order valence-corrected chi connectivity index (χ3v) is 2.95. The van der Waals surface area contributed by atoms with Gasteiger partial charge in [-0.1, -0.05) is 29.8 Å². The van der Waals surface area contributed by atoms with Gasteiger partial charge in [0.2, 0.25) is 0 Å². The van der Waals surface area contributed by atoms with Crippen LogP contribution in [0, 0.1) is 6.92 Å². The van der Waals surface area contributed by atoms with E-state index in [1.54, 1.807) is 0 Å². The van der Waals surface area contributed by atoms with E-state index in [9.17, 15) is 0 Å². The summed E-state index contributed by atoms with van der Waals surface area (Å²) >= 11 is 1.88. The summed E-state index contributed by atoms with van der Waals surface area (Å²) in [5, 5.41) is 3.50. The fourth-order valence-electron chi connectivity index (χ4n) is 1.35. The first-order valence-electron chi connectivity index (χ1n) is 5.03. The highest BCUT2D eigenvalue weighted by Crippen LogP contribution is 2.12. The fraction of sp³-hybridized carbons (Fsp3) is 0.500. The summed E-state index contributed by atoms with van der Waals surface area (Å²) in [7, 11) is 0. The molecule has 1 rings (SSSR count). The predicted octanol–water partition coefficient (Wildman–Crippen LogP) is 3.01. The van der Waals surface area contributed by atoms with E-state index in [1.807, 2.05) is 11.8 Å². The molecule has 14 heavy (non-hydrogen) atoms. The number of rotatable bonds is 5. The van der Waals surface area contributed by atoms with E-state index in [0.29, 0.717) is 6.04 Å². The average Bonchev–Trinajstić information content (AvgIpc) is 2.19. The van der Waals surface area contributed by atoms with Gasteiger partial charge in [0.15, 0.2) is 0 Å². The zero-order chi connectivity index (χ0) is 10.4. The number of aryl methyl sites for hydroxylation is 1. The van der Waals surface area contributed by atoms with E-state index in [-0.39, 0.29) is 0 Å². The quantitative estimate of drug-likeness (QED) is 0.748. The first kappa shape index (κ1) is 11.6. The topological polar surface area (TPSA) is 12.0 Å². The smallest absolute Gasteiger partial charge is 0.0292 e. The minimum atomic E-state index is 0.461. The minimum Gasteiger partial charge on any atom is -0.309 e. The Hall–Kier alpha value is -0.470. The summed E-state index contributed by atoms with van der Waals surface area (Å²) in [6.45, 7) is 5.41. The van der Waals surface area contributed by atoms with Crippen molar-refractivity contribution in [2.45, 2.75) is 19.9 Å². The van der Waals surface area contributed by atoms with Crippen LogP contribution in [0.15, 0.2) is 24.3 Å². The van der Waals surface area contributed by atoms with Crippen LogP contribution in [0.2, 0.25) is 0 Å². The number of hydrogen-bond acceptors (Lipinski definition) is 2. The van der Waals surface area contributed by atoms with Gasteiger partial charge in [0, 0.05) is 18.3 Å². The second-order valence-corrected chi connectivity index (χ2v) is 4.56. The molecule has 0 saturated heterocycles. The van der Waals surface area contributed by atoms with Crippen LogP contribution in [-0.2, 0) is 0 Å². The van der Waals surface area contributed by atoms with Crippen LogP contribution in [0.25, 0.3) is 0 Å². The van der Waals surface area contributed by atoms with Crippen molar-refractivity contribution in [3.05, 3.63) is 35.4 Å². The van der Waals surface area contributed by atoms with Crippen LogP contribution < -0.4 is 5.32 Å². The molecule has 0 bridgehead atoms. The molecule has 0 aliphatic heterocycles. The Morgan fingerprint density at radius 2 is 1.93 bits per heavy atom. The van der Waals surface area contributed by atoms with Gasteiger partial charge in [-0.15, -0.1) is 0 Å². The minimum absolute atomic E-state index is 0.461. The van der Waals surface area contributed by atoms with Crippen molar-refractivity contribution < 1.29 is 0 Å². The van der Waals surface area contributed by atoms with E-state index < -0.39 is 0 Å². The Bertz CT molecular complexity index is 256. The van der Waals surface area contributed by atoms with Crippen molar-refractivity contribution in [1.82, 2.24) is 5.32 Å². The van der Waals surface area contributed by atoms with Crippen molar-refractivity contribution in [2.75, 3.05) is 18.6 Å². The lowest BCUT2D eigenvalue weighted by Gasteiger charge is -2.13. The lowest BCUT2D eigenvalue weighted by molar-refractivity contribution is 0.601. The maximum atomic E-state index is 3.50. The maximum Gasteiger partial charge on any atom is 0.0292 e. The van der Waals surface area contributed by atoms with Crippen LogP contribution in [0.1, 0.15) is 24.1 Å². The largest absolute Gasteiger partial charge is 0.309 e. The molecule has 0 fully saturated rings. The zero-order valence-electron chi connectivity index (χ0n) is 9.21. The van der Waals surface area contributed by atoms with Crippen molar-refractivity contribution in [3.8, 4) is 0 Å². The normalized spacial score (nSPS) is 12.8. The molecular weight excluding hydrogens is 190 g/mol. The van der Waals surface area contributed by atoms with E-state index >= 15 is 0 Å². The number of nitrogens with one attached hydrogen (secondary N) is 1.